The summed E-state index contributed by atoms with van der Waals surface area (Å²) >= 11 is 3.45. The first-order valence-electron chi connectivity index (χ1n) is 5.61. The highest BCUT2D eigenvalue weighted by atomic mass is 79.9. The molecule has 0 unspecified atom stereocenters. The summed E-state index contributed by atoms with van der Waals surface area (Å²) in [5.74, 6) is 0.697. The second kappa shape index (κ2) is 5.83. The highest BCUT2D eigenvalue weighted by Gasteiger charge is 2.08. The lowest BCUT2D eigenvalue weighted by atomic mass is 10.1. The van der Waals surface area contributed by atoms with Crippen molar-refractivity contribution in [3.63, 3.8) is 0 Å². The van der Waals surface area contributed by atoms with Crippen molar-refractivity contribution < 1.29 is 9.53 Å². The molecule has 2 aromatic rings. The van der Waals surface area contributed by atoms with Crippen molar-refractivity contribution in [3.8, 4) is 5.75 Å². The van der Waals surface area contributed by atoms with Crippen molar-refractivity contribution in [3.05, 3.63) is 34.1 Å². The number of aromatic nitrogens is 3. The zero-order valence-corrected chi connectivity index (χ0v) is 12.1. The monoisotopic (exact) mass is 324 g/mol. The van der Waals surface area contributed by atoms with Gasteiger partial charge in [0.15, 0.2) is 6.61 Å². The molecule has 19 heavy (non-hydrogen) atoms. The quantitative estimate of drug-likeness (QED) is 0.903. The van der Waals surface area contributed by atoms with E-state index >= 15 is 0 Å². The Morgan fingerprint density at radius 3 is 2.89 bits per heavy atom. The summed E-state index contributed by atoms with van der Waals surface area (Å²) in [6.45, 7) is 3.81. The number of rotatable bonds is 4. The molecule has 0 spiro atoms. The fourth-order valence-electron chi connectivity index (χ4n) is 1.49. The molecule has 100 valence electrons. The van der Waals surface area contributed by atoms with E-state index in [1.54, 1.807) is 0 Å². The molecule has 0 fully saturated rings. The van der Waals surface area contributed by atoms with E-state index in [9.17, 15) is 4.79 Å². The molecule has 0 aliphatic carbocycles. The van der Waals surface area contributed by atoms with E-state index in [4.69, 9.17) is 4.74 Å². The van der Waals surface area contributed by atoms with Crippen molar-refractivity contribution in [2.75, 3.05) is 11.9 Å². The Hall–Kier alpha value is -1.89. The maximum Gasteiger partial charge on any atom is 0.264 e. The molecule has 1 aromatic heterocycles. The van der Waals surface area contributed by atoms with Gasteiger partial charge in [-0.2, -0.15) is 10.1 Å². The van der Waals surface area contributed by atoms with Crippen LogP contribution in [0.2, 0.25) is 0 Å². The maximum atomic E-state index is 11.6. The number of carbonyl (C=O) groups is 1. The second-order valence-corrected chi connectivity index (χ2v) is 4.89. The second-order valence-electron chi connectivity index (χ2n) is 4.04. The van der Waals surface area contributed by atoms with Gasteiger partial charge in [-0.05, 0) is 37.1 Å². The van der Waals surface area contributed by atoms with Crippen molar-refractivity contribution in [2.24, 2.45) is 0 Å². The fraction of sp³-hybridized carbons (Fsp3) is 0.250. The lowest BCUT2D eigenvalue weighted by Crippen LogP contribution is -2.21. The molecule has 6 nitrogen and oxygen atoms in total. The van der Waals surface area contributed by atoms with Gasteiger partial charge in [0.25, 0.3) is 5.91 Å². The SMILES string of the molecule is Cc1cc(OCC(=O)Nc2ncn[nH]2)c(C)cc1Br. The minimum atomic E-state index is -0.295. The Kier molecular flexibility index (Phi) is 4.16. The molecular formula is C12H13BrN4O2. The minimum absolute atomic E-state index is 0.0807. The third kappa shape index (κ3) is 3.54. The average Bonchev–Trinajstić information content (AvgIpc) is 2.85. The molecule has 1 heterocycles. The lowest BCUT2D eigenvalue weighted by molar-refractivity contribution is -0.118. The Morgan fingerprint density at radius 2 is 2.21 bits per heavy atom. The molecular weight excluding hydrogens is 312 g/mol. The third-order valence-corrected chi connectivity index (χ3v) is 3.34. The van der Waals surface area contributed by atoms with Gasteiger partial charge in [0, 0.05) is 4.47 Å². The molecule has 0 aliphatic heterocycles. The van der Waals surface area contributed by atoms with Crippen LogP contribution in [0.4, 0.5) is 5.95 Å². The van der Waals surface area contributed by atoms with Gasteiger partial charge in [0.1, 0.15) is 12.1 Å². The summed E-state index contributed by atoms with van der Waals surface area (Å²) in [4.78, 5) is 15.4. The summed E-state index contributed by atoms with van der Waals surface area (Å²) in [5.41, 5.74) is 2.01. The minimum Gasteiger partial charge on any atom is -0.483 e. The van der Waals surface area contributed by atoms with Crippen LogP contribution in [0.15, 0.2) is 22.9 Å². The van der Waals surface area contributed by atoms with Gasteiger partial charge in [-0.15, -0.1) is 0 Å². The molecule has 0 radical (unpaired) electrons. The van der Waals surface area contributed by atoms with Crippen LogP contribution in [-0.2, 0) is 4.79 Å². The summed E-state index contributed by atoms with van der Waals surface area (Å²) in [6, 6.07) is 3.85. The van der Waals surface area contributed by atoms with Crippen molar-refractivity contribution >= 4 is 27.8 Å². The summed E-state index contributed by atoms with van der Waals surface area (Å²) in [5, 5.41) is 8.71. The predicted octanol–water partition coefficient (Wildman–Crippen LogP) is 2.20. The van der Waals surface area contributed by atoms with Gasteiger partial charge in [0.2, 0.25) is 5.95 Å². The predicted molar refractivity (Wildman–Crippen MR) is 74.1 cm³/mol. The van der Waals surface area contributed by atoms with Crippen molar-refractivity contribution in [2.45, 2.75) is 13.8 Å². The molecule has 0 aliphatic rings. The first kappa shape index (κ1) is 13.5. The standard InChI is InChI=1S/C12H13BrN4O2/c1-7-4-10(8(2)3-9(7)13)19-5-11(18)16-12-14-6-15-17-12/h3-4,6H,5H2,1-2H3,(H2,14,15,16,17,18). The first-order chi connectivity index (χ1) is 9.06. The number of nitrogens with one attached hydrogen (secondary N) is 2. The van der Waals surface area contributed by atoms with Crippen molar-refractivity contribution in [1.82, 2.24) is 15.2 Å². The van der Waals surface area contributed by atoms with Crippen LogP contribution in [0.3, 0.4) is 0 Å². The number of ether oxygens (including phenoxy) is 1. The van der Waals surface area contributed by atoms with E-state index in [0.29, 0.717) is 11.7 Å². The summed E-state index contributed by atoms with van der Waals surface area (Å²) in [6.07, 6.45) is 1.32. The number of halogens is 1. The highest BCUT2D eigenvalue weighted by molar-refractivity contribution is 9.10. The van der Waals surface area contributed by atoms with Gasteiger partial charge in [-0.3, -0.25) is 10.1 Å². The normalized spacial score (nSPS) is 10.3. The number of H-pyrrole nitrogens is 1. The molecule has 7 heteroatoms. The van der Waals surface area contributed by atoms with E-state index in [-0.39, 0.29) is 12.5 Å². The number of nitrogens with zero attached hydrogens (tertiary/aromatic N) is 2. The first-order valence-corrected chi connectivity index (χ1v) is 6.40. The maximum absolute atomic E-state index is 11.6. The van der Waals surface area contributed by atoms with Crippen LogP contribution in [0.1, 0.15) is 11.1 Å². The smallest absolute Gasteiger partial charge is 0.264 e. The van der Waals surface area contributed by atoms with Gasteiger partial charge in [0.05, 0.1) is 0 Å². The van der Waals surface area contributed by atoms with Crippen LogP contribution in [0.25, 0.3) is 0 Å². The van der Waals surface area contributed by atoms with E-state index in [1.165, 1.54) is 6.33 Å². The van der Waals surface area contributed by atoms with Gasteiger partial charge >= 0.3 is 0 Å². The van der Waals surface area contributed by atoms with E-state index in [1.807, 2.05) is 26.0 Å². The Morgan fingerprint density at radius 1 is 1.42 bits per heavy atom. The highest BCUT2D eigenvalue weighted by Crippen LogP contribution is 2.26. The molecule has 2 rings (SSSR count). The number of amides is 1. The number of carbonyl (C=O) groups excluding carboxylic acids is 1. The topological polar surface area (TPSA) is 79.9 Å². The zero-order chi connectivity index (χ0) is 13.8. The zero-order valence-electron chi connectivity index (χ0n) is 10.5. The van der Waals surface area contributed by atoms with Crippen LogP contribution < -0.4 is 10.1 Å². The van der Waals surface area contributed by atoms with Crippen LogP contribution in [0, 0.1) is 13.8 Å². The third-order valence-electron chi connectivity index (χ3n) is 2.49. The summed E-state index contributed by atoms with van der Waals surface area (Å²) in [7, 11) is 0. The van der Waals surface area contributed by atoms with Crippen LogP contribution >= 0.6 is 15.9 Å². The lowest BCUT2D eigenvalue weighted by Gasteiger charge is -2.10. The Balaban J connectivity index is 1.95. The van der Waals surface area contributed by atoms with Crippen LogP contribution in [-0.4, -0.2) is 27.7 Å². The fourth-order valence-corrected chi connectivity index (χ4v) is 1.94. The van der Waals surface area contributed by atoms with Gasteiger partial charge in [-0.1, -0.05) is 15.9 Å². The van der Waals surface area contributed by atoms with E-state index in [2.05, 4.69) is 36.4 Å². The number of aromatic amines is 1. The van der Waals surface area contributed by atoms with E-state index < -0.39 is 0 Å². The largest absolute Gasteiger partial charge is 0.483 e. The molecule has 0 saturated heterocycles. The molecule has 0 atom stereocenters. The summed E-state index contributed by atoms with van der Waals surface area (Å²) < 4.78 is 6.51. The van der Waals surface area contributed by atoms with Crippen LogP contribution in [0.5, 0.6) is 5.75 Å². The number of hydrogen-bond donors (Lipinski definition) is 2. The Bertz CT molecular complexity index is 584. The molecule has 0 bridgehead atoms. The number of anilines is 1. The number of benzene rings is 1. The van der Waals surface area contributed by atoms with Crippen molar-refractivity contribution in [1.29, 1.82) is 0 Å². The molecule has 1 aromatic carbocycles. The Labute approximate surface area is 118 Å². The molecule has 1 amide bonds. The van der Waals surface area contributed by atoms with Gasteiger partial charge < -0.3 is 4.74 Å². The van der Waals surface area contributed by atoms with E-state index in [0.717, 1.165) is 15.6 Å². The average molecular weight is 325 g/mol. The molecule has 0 saturated carbocycles. The van der Waals surface area contributed by atoms with Gasteiger partial charge in [-0.25, -0.2) is 5.10 Å². The number of aryl methyl sites for hydroxylation is 2. The molecule has 2 N–H and O–H groups in total. The number of hydrogen-bond acceptors (Lipinski definition) is 4.